The van der Waals surface area contributed by atoms with Crippen molar-refractivity contribution >= 4 is 10.9 Å². The zero-order valence-electron chi connectivity index (χ0n) is 10.5. The van der Waals surface area contributed by atoms with Crippen LogP contribution in [0.3, 0.4) is 0 Å². The zero-order valence-corrected chi connectivity index (χ0v) is 10.5. The van der Waals surface area contributed by atoms with Gasteiger partial charge in [0, 0.05) is 30.3 Å². The van der Waals surface area contributed by atoms with Crippen LogP contribution in [-0.4, -0.2) is 16.3 Å². The molecule has 92 valence electrons. The molecule has 1 aromatic heterocycles. The van der Waals surface area contributed by atoms with Crippen molar-refractivity contribution in [2.75, 3.05) is 6.61 Å². The molecule has 0 radical (unpaired) electrons. The summed E-state index contributed by atoms with van der Waals surface area (Å²) in [5.41, 5.74) is 2.69. The minimum Gasteiger partial charge on any atom is -0.396 e. The number of benzene rings is 1. The molecule has 1 aromatic carbocycles. The number of aryl methyl sites for hydroxylation is 2. The van der Waals surface area contributed by atoms with Gasteiger partial charge in [0.1, 0.15) is 0 Å². The highest BCUT2D eigenvalue weighted by molar-refractivity contribution is 5.83. The van der Waals surface area contributed by atoms with E-state index in [2.05, 4.69) is 42.0 Å². The topological polar surface area (TPSA) is 25.2 Å². The zero-order chi connectivity index (χ0) is 12.1. The molecule has 2 rings (SSSR count). The molecule has 0 saturated heterocycles. The van der Waals surface area contributed by atoms with Gasteiger partial charge < -0.3 is 9.67 Å². The third-order valence-corrected chi connectivity index (χ3v) is 3.23. The first-order chi connectivity index (χ1) is 8.36. The maximum Gasteiger partial charge on any atom is 0.0483 e. The van der Waals surface area contributed by atoms with Gasteiger partial charge in [-0.3, -0.25) is 0 Å². The molecule has 0 saturated carbocycles. The summed E-state index contributed by atoms with van der Waals surface area (Å²) in [6, 6.07) is 8.56. The molecule has 17 heavy (non-hydrogen) atoms. The summed E-state index contributed by atoms with van der Waals surface area (Å²) in [5.74, 6) is 0. The summed E-state index contributed by atoms with van der Waals surface area (Å²) in [5, 5.41) is 10.3. The Labute approximate surface area is 103 Å². The number of fused-ring (bicyclic) bond motifs is 1. The number of aliphatic hydroxyl groups is 1. The number of hydrogen-bond acceptors (Lipinski definition) is 1. The summed E-state index contributed by atoms with van der Waals surface area (Å²) in [6.07, 6.45) is 6.52. The number of hydrogen-bond donors (Lipinski definition) is 1. The van der Waals surface area contributed by atoms with Crippen LogP contribution in [0.1, 0.15) is 31.7 Å². The molecule has 0 amide bonds. The third-order valence-electron chi connectivity index (χ3n) is 3.23. The van der Waals surface area contributed by atoms with Crippen molar-refractivity contribution in [1.82, 2.24) is 4.57 Å². The highest BCUT2D eigenvalue weighted by Gasteiger charge is 2.06. The quantitative estimate of drug-likeness (QED) is 0.810. The standard InChI is InChI=1S/C15H21NO/c1-2-3-10-16-12-13(7-6-11-17)14-8-4-5-9-15(14)16/h4-5,8-9,12,17H,2-3,6-7,10-11H2,1H3. The first-order valence-electron chi connectivity index (χ1n) is 6.54. The van der Waals surface area contributed by atoms with E-state index >= 15 is 0 Å². The van der Waals surface area contributed by atoms with Crippen LogP contribution >= 0.6 is 0 Å². The number of unbranched alkanes of at least 4 members (excludes halogenated alkanes) is 1. The predicted octanol–water partition coefficient (Wildman–Crippen LogP) is 3.37. The lowest BCUT2D eigenvalue weighted by atomic mass is 10.1. The normalized spacial score (nSPS) is 11.2. The van der Waals surface area contributed by atoms with Gasteiger partial charge in [0.25, 0.3) is 0 Å². The summed E-state index contributed by atoms with van der Waals surface area (Å²) in [6.45, 7) is 3.59. The van der Waals surface area contributed by atoms with Gasteiger partial charge in [-0.1, -0.05) is 31.5 Å². The van der Waals surface area contributed by atoms with E-state index in [0.717, 1.165) is 19.4 Å². The smallest absolute Gasteiger partial charge is 0.0483 e. The van der Waals surface area contributed by atoms with Crippen molar-refractivity contribution in [2.45, 2.75) is 39.2 Å². The Morgan fingerprint density at radius 2 is 2.00 bits per heavy atom. The Balaban J connectivity index is 2.32. The van der Waals surface area contributed by atoms with E-state index in [-0.39, 0.29) is 6.61 Å². The maximum absolute atomic E-state index is 8.94. The second kappa shape index (κ2) is 5.87. The first-order valence-corrected chi connectivity index (χ1v) is 6.54. The lowest BCUT2D eigenvalue weighted by Crippen LogP contribution is -1.95. The molecule has 0 fully saturated rings. The molecule has 0 aliphatic rings. The summed E-state index contributed by atoms with van der Waals surface area (Å²) in [4.78, 5) is 0. The van der Waals surface area contributed by atoms with E-state index in [1.807, 2.05) is 0 Å². The fourth-order valence-electron chi connectivity index (χ4n) is 2.31. The summed E-state index contributed by atoms with van der Waals surface area (Å²) in [7, 11) is 0. The van der Waals surface area contributed by atoms with Crippen LogP contribution in [0.5, 0.6) is 0 Å². The molecule has 1 N–H and O–H groups in total. The van der Waals surface area contributed by atoms with Crippen LogP contribution in [0.2, 0.25) is 0 Å². The summed E-state index contributed by atoms with van der Waals surface area (Å²) < 4.78 is 2.35. The Kier molecular flexibility index (Phi) is 4.21. The molecule has 0 atom stereocenters. The average Bonchev–Trinajstić information content (AvgIpc) is 2.72. The lowest BCUT2D eigenvalue weighted by molar-refractivity contribution is 0.288. The van der Waals surface area contributed by atoms with E-state index in [4.69, 9.17) is 5.11 Å². The molecule has 1 heterocycles. The highest BCUT2D eigenvalue weighted by Crippen LogP contribution is 2.22. The second-order valence-electron chi connectivity index (χ2n) is 4.55. The lowest BCUT2D eigenvalue weighted by Gasteiger charge is -2.02. The van der Waals surface area contributed by atoms with Gasteiger partial charge in [-0.05, 0) is 30.9 Å². The number of para-hydroxylation sites is 1. The minimum atomic E-state index is 0.272. The van der Waals surface area contributed by atoms with Crippen molar-refractivity contribution in [3.8, 4) is 0 Å². The summed E-state index contributed by atoms with van der Waals surface area (Å²) >= 11 is 0. The van der Waals surface area contributed by atoms with Crippen LogP contribution in [0.25, 0.3) is 10.9 Å². The average molecular weight is 231 g/mol. The number of rotatable bonds is 6. The van der Waals surface area contributed by atoms with Crippen LogP contribution in [0.15, 0.2) is 30.5 Å². The molecule has 0 spiro atoms. The van der Waals surface area contributed by atoms with Crippen molar-refractivity contribution in [1.29, 1.82) is 0 Å². The Morgan fingerprint density at radius 1 is 1.18 bits per heavy atom. The van der Waals surface area contributed by atoms with Crippen LogP contribution in [-0.2, 0) is 13.0 Å². The van der Waals surface area contributed by atoms with Gasteiger partial charge in [-0.25, -0.2) is 0 Å². The van der Waals surface area contributed by atoms with Gasteiger partial charge in [0.15, 0.2) is 0 Å². The van der Waals surface area contributed by atoms with Gasteiger partial charge in [-0.15, -0.1) is 0 Å². The fraction of sp³-hybridized carbons (Fsp3) is 0.467. The van der Waals surface area contributed by atoms with Crippen LogP contribution in [0, 0.1) is 0 Å². The molecule has 0 unspecified atom stereocenters. The Bertz CT molecular complexity index is 431. The number of nitrogens with zero attached hydrogens (tertiary/aromatic N) is 1. The van der Waals surface area contributed by atoms with Crippen molar-refractivity contribution in [3.05, 3.63) is 36.0 Å². The first kappa shape index (κ1) is 12.2. The van der Waals surface area contributed by atoms with E-state index in [0.29, 0.717) is 0 Å². The molecule has 2 nitrogen and oxygen atoms in total. The molecule has 0 aliphatic heterocycles. The molecule has 2 aromatic rings. The van der Waals surface area contributed by atoms with Gasteiger partial charge in [0.2, 0.25) is 0 Å². The van der Waals surface area contributed by atoms with Crippen molar-refractivity contribution in [2.24, 2.45) is 0 Å². The van der Waals surface area contributed by atoms with Crippen molar-refractivity contribution in [3.63, 3.8) is 0 Å². The SMILES string of the molecule is CCCCn1cc(CCCO)c2ccccc21. The van der Waals surface area contributed by atoms with Gasteiger partial charge in [0.05, 0.1) is 0 Å². The molecule has 0 bridgehead atoms. The third kappa shape index (κ3) is 2.70. The minimum absolute atomic E-state index is 0.272. The van der Waals surface area contributed by atoms with Crippen LogP contribution < -0.4 is 0 Å². The molecule has 0 aliphatic carbocycles. The van der Waals surface area contributed by atoms with Gasteiger partial charge in [-0.2, -0.15) is 0 Å². The van der Waals surface area contributed by atoms with E-state index in [9.17, 15) is 0 Å². The van der Waals surface area contributed by atoms with Crippen LogP contribution in [0.4, 0.5) is 0 Å². The monoisotopic (exact) mass is 231 g/mol. The maximum atomic E-state index is 8.94. The largest absolute Gasteiger partial charge is 0.396 e. The predicted molar refractivity (Wildman–Crippen MR) is 72.3 cm³/mol. The Morgan fingerprint density at radius 3 is 2.76 bits per heavy atom. The van der Waals surface area contributed by atoms with Gasteiger partial charge >= 0.3 is 0 Å². The fourth-order valence-corrected chi connectivity index (χ4v) is 2.31. The number of aromatic nitrogens is 1. The van der Waals surface area contributed by atoms with E-state index < -0.39 is 0 Å². The number of aliphatic hydroxyl groups excluding tert-OH is 1. The molecular formula is C15H21NO. The van der Waals surface area contributed by atoms with E-state index in [1.54, 1.807) is 0 Å². The molecule has 2 heteroatoms. The second-order valence-corrected chi connectivity index (χ2v) is 4.55. The van der Waals surface area contributed by atoms with Crippen molar-refractivity contribution < 1.29 is 5.11 Å². The Hall–Kier alpha value is -1.28. The highest BCUT2D eigenvalue weighted by atomic mass is 16.2. The molecular weight excluding hydrogens is 210 g/mol. The van der Waals surface area contributed by atoms with E-state index in [1.165, 1.54) is 29.3 Å².